The lowest BCUT2D eigenvalue weighted by atomic mass is 10.2. The lowest BCUT2D eigenvalue weighted by Gasteiger charge is -2.02. The Hall–Kier alpha value is -1.58. The van der Waals surface area contributed by atoms with Crippen molar-refractivity contribution in [1.82, 2.24) is 0 Å². The van der Waals surface area contributed by atoms with Crippen LogP contribution in [0.4, 0.5) is 4.39 Å². The molecule has 0 saturated carbocycles. The van der Waals surface area contributed by atoms with Crippen molar-refractivity contribution >= 4 is 5.84 Å². The quantitative estimate of drug-likeness (QED) is 0.513. The summed E-state index contributed by atoms with van der Waals surface area (Å²) in [5, 5.41) is 7.00. The predicted octanol–water partition coefficient (Wildman–Crippen LogP) is 1.12. The van der Waals surface area contributed by atoms with Crippen molar-refractivity contribution in [1.29, 1.82) is 5.41 Å². The number of hydrogen-bond acceptors (Lipinski definition) is 2. The van der Waals surface area contributed by atoms with E-state index in [0.29, 0.717) is 5.75 Å². The lowest BCUT2D eigenvalue weighted by molar-refractivity contribution is 0.411. The van der Waals surface area contributed by atoms with Gasteiger partial charge in [0.2, 0.25) is 0 Å². The highest BCUT2D eigenvalue weighted by molar-refractivity contribution is 5.95. The molecular weight excluding hydrogens is 159 g/mol. The van der Waals surface area contributed by atoms with Crippen LogP contribution >= 0.6 is 0 Å². The Kier molecular flexibility index (Phi) is 2.28. The lowest BCUT2D eigenvalue weighted by Crippen LogP contribution is -2.12. The molecular formula is C8H9FN2O. The van der Waals surface area contributed by atoms with Crippen LogP contribution in [0.15, 0.2) is 18.2 Å². The molecule has 0 saturated heterocycles. The van der Waals surface area contributed by atoms with Gasteiger partial charge in [0.05, 0.1) is 12.7 Å². The molecule has 0 fully saturated rings. The largest absolute Gasteiger partial charge is 0.497 e. The van der Waals surface area contributed by atoms with Crippen molar-refractivity contribution in [2.24, 2.45) is 5.73 Å². The molecule has 0 heterocycles. The Labute approximate surface area is 69.5 Å². The minimum Gasteiger partial charge on any atom is -0.497 e. The smallest absolute Gasteiger partial charge is 0.137 e. The zero-order chi connectivity index (χ0) is 9.14. The molecule has 3 nitrogen and oxygen atoms in total. The second-order valence-electron chi connectivity index (χ2n) is 2.26. The molecule has 0 aliphatic rings. The van der Waals surface area contributed by atoms with Gasteiger partial charge in [-0.05, 0) is 12.1 Å². The fourth-order valence-electron chi connectivity index (χ4n) is 0.841. The minimum absolute atomic E-state index is 0.0933. The van der Waals surface area contributed by atoms with Gasteiger partial charge >= 0.3 is 0 Å². The number of nitrogens with one attached hydrogen (secondary N) is 1. The molecule has 1 aromatic rings. The molecule has 0 radical (unpaired) electrons. The normalized spacial score (nSPS) is 9.50. The molecule has 64 valence electrons. The third-order valence-electron chi connectivity index (χ3n) is 1.47. The van der Waals surface area contributed by atoms with Crippen LogP contribution in [0.25, 0.3) is 0 Å². The van der Waals surface area contributed by atoms with Gasteiger partial charge in [-0.2, -0.15) is 0 Å². The number of benzene rings is 1. The van der Waals surface area contributed by atoms with Crippen LogP contribution < -0.4 is 10.5 Å². The van der Waals surface area contributed by atoms with E-state index in [2.05, 4.69) is 0 Å². The first kappa shape index (κ1) is 8.52. The first-order valence-corrected chi connectivity index (χ1v) is 3.33. The first-order valence-electron chi connectivity index (χ1n) is 3.33. The monoisotopic (exact) mass is 168 g/mol. The number of nitrogens with two attached hydrogens (primary N) is 1. The summed E-state index contributed by atoms with van der Waals surface area (Å²) in [6.07, 6.45) is 0. The maximum atomic E-state index is 13.0. The SMILES string of the molecule is COc1ccc(C(=N)N)c(F)c1. The Bertz CT molecular complexity index is 312. The third-order valence-corrected chi connectivity index (χ3v) is 1.47. The Balaban J connectivity index is 3.12. The fraction of sp³-hybridized carbons (Fsp3) is 0.125. The molecule has 0 atom stereocenters. The second kappa shape index (κ2) is 3.21. The van der Waals surface area contributed by atoms with Crippen molar-refractivity contribution in [3.8, 4) is 5.75 Å². The summed E-state index contributed by atoms with van der Waals surface area (Å²) in [6, 6.07) is 4.16. The van der Waals surface area contributed by atoms with Crippen LogP contribution in [-0.4, -0.2) is 12.9 Å². The maximum absolute atomic E-state index is 13.0. The summed E-state index contributed by atoms with van der Waals surface area (Å²) >= 11 is 0. The molecule has 0 aliphatic carbocycles. The molecule has 0 bridgehead atoms. The molecule has 0 amide bonds. The summed E-state index contributed by atoms with van der Waals surface area (Å²) in [7, 11) is 1.45. The maximum Gasteiger partial charge on any atom is 0.137 e. The number of nitrogen functional groups attached to an aromatic ring is 1. The number of halogens is 1. The van der Waals surface area contributed by atoms with E-state index in [-0.39, 0.29) is 11.4 Å². The Morgan fingerprint density at radius 1 is 1.58 bits per heavy atom. The number of hydrogen-bond donors (Lipinski definition) is 2. The van der Waals surface area contributed by atoms with E-state index in [9.17, 15) is 4.39 Å². The van der Waals surface area contributed by atoms with Crippen molar-refractivity contribution in [2.75, 3.05) is 7.11 Å². The molecule has 3 N–H and O–H groups in total. The van der Waals surface area contributed by atoms with Crippen molar-refractivity contribution in [3.05, 3.63) is 29.6 Å². The van der Waals surface area contributed by atoms with Crippen molar-refractivity contribution < 1.29 is 9.13 Å². The molecule has 12 heavy (non-hydrogen) atoms. The summed E-state index contributed by atoms with van der Waals surface area (Å²) in [6.45, 7) is 0. The van der Waals surface area contributed by atoms with Gasteiger partial charge in [-0.3, -0.25) is 5.41 Å². The summed E-state index contributed by atoms with van der Waals surface area (Å²) in [4.78, 5) is 0. The number of rotatable bonds is 2. The highest BCUT2D eigenvalue weighted by atomic mass is 19.1. The van der Waals surface area contributed by atoms with Gasteiger partial charge in [-0.1, -0.05) is 0 Å². The van der Waals surface area contributed by atoms with Crippen LogP contribution in [0.2, 0.25) is 0 Å². The Morgan fingerprint density at radius 3 is 2.67 bits per heavy atom. The molecule has 0 spiro atoms. The molecule has 0 aliphatic heterocycles. The highest BCUT2D eigenvalue weighted by Crippen LogP contribution is 2.15. The van der Waals surface area contributed by atoms with E-state index in [1.165, 1.54) is 19.2 Å². The zero-order valence-corrected chi connectivity index (χ0v) is 6.60. The number of ether oxygens (including phenoxy) is 1. The zero-order valence-electron chi connectivity index (χ0n) is 6.60. The number of methoxy groups -OCH3 is 1. The Morgan fingerprint density at radius 2 is 2.25 bits per heavy atom. The van der Waals surface area contributed by atoms with E-state index >= 15 is 0 Å². The first-order chi connectivity index (χ1) is 5.65. The number of amidine groups is 1. The average molecular weight is 168 g/mol. The molecule has 1 aromatic carbocycles. The summed E-state index contributed by atoms with van der Waals surface area (Å²) in [5.41, 5.74) is 5.20. The van der Waals surface area contributed by atoms with Crippen LogP contribution in [0.1, 0.15) is 5.56 Å². The summed E-state index contributed by atoms with van der Waals surface area (Å²) < 4.78 is 17.8. The summed E-state index contributed by atoms with van der Waals surface area (Å²) in [5.74, 6) is -0.408. The third kappa shape index (κ3) is 1.53. The highest BCUT2D eigenvalue weighted by Gasteiger charge is 2.05. The van der Waals surface area contributed by atoms with Crippen molar-refractivity contribution in [3.63, 3.8) is 0 Å². The van der Waals surface area contributed by atoms with Crippen LogP contribution in [0.5, 0.6) is 5.75 Å². The fourth-order valence-corrected chi connectivity index (χ4v) is 0.841. The van der Waals surface area contributed by atoms with Crippen LogP contribution in [0.3, 0.4) is 0 Å². The van der Waals surface area contributed by atoms with Gasteiger partial charge in [0, 0.05) is 6.07 Å². The van der Waals surface area contributed by atoms with Crippen molar-refractivity contribution in [2.45, 2.75) is 0 Å². The van der Waals surface area contributed by atoms with E-state index in [1.807, 2.05) is 0 Å². The van der Waals surface area contributed by atoms with Crippen LogP contribution in [0, 0.1) is 11.2 Å². The van der Waals surface area contributed by atoms with E-state index in [0.717, 1.165) is 0 Å². The topological polar surface area (TPSA) is 59.1 Å². The molecule has 1 rings (SSSR count). The van der Waals surface area contributed by atoms with E-state index < -0.39 is 5.82 Å². The standard InChI is InChI=1S/C8H9FN2O/c1-12-5-2-3-6(8(10)11)7(9)4-5/h2-4H,1H3,(H3,10,11). The van der Waals surface area contributed by atoms with Gasteiger partial charge in [0.15, 0.2) is 0 Å². The van der Waals surface area contributed by atoms with E-state index in [1.54, 1.807) is 6.07 Å². The van der Waals surface area contributed by atoms with Gasteiger partial charge < -0.3 is 10.5 Å². The van der Waals surface area contributed by atoms with Gasteiger partial charge in [0.25, 0.3) is 0 Å². The van der Waals surface area contributed by atoms with Gasteiger partial charge in [-0.15, -0.1) is 0 Å². The molecule has 0 aromatic heterocycles. The minimum atomic E-state index is -0.540. The van der Waals surface area contributed by atoms with Crippen LogP contribution in [-0.2, 0) is 0 Å². The van der Waals surface area contributed by atoms with Gasteiger partial charge in [-0.25, -0.2) is 4.39 Å². The van der Waals surface area contributed by atoms with E-state index in [4.69, 9.17) is 15.9 Å². The average Bonchev–Trinajstić information content (AvgIpc) is 2.03. The second-order valence-corrected chi connectivity index (χ2v) is 2.26. The van der Waals surface area contributed by atoms with Gasteiger partial charge in [0.1, 0.15) is 17.4 Å². The molecule has 4 heteroatoms. The predicted molar refractivity (Wildman–Crippen MR) is 44.0 cm³/mol. The molecule has 0 unspecified atom stereocenters.